The molecule has 0 fully saturated rings. The van der Waals surface area contributed by atoms with E-state index in [0.29, 0.717) is 21.7 Å². The topological polar surface area (TPSA) is 98.3 Å². The van der Waals surface area contributed by atoms with Crippen molar-refractivity contribution in [1.29, 1.82) is 0 Å². The molecule has 0 saturated heterocycles. The van der Waals surface area contributed by atoms with Crippen LogP contribution in [0.15, 0.2) is 42.5 Å². The summed E-state index contributed by atoms with van der Waals surface area (Å²) in [5.41, 5.74) is 7.01. The predicted molar refractivity (Wildman–Crippen MR) is 101 cm³/mol. The smallest absolute Gasteiger partial charge is 0.308 e. The van der Waals surface area contributed by atoms with Crippen LogP contribution in [0.3, 0.4) is 0 Å². The lowest BCUT2D eigenvalue weighted by Crippen LogP contribution is -3.14. The molecule has 2 aliphatic rings. The molecule has 0 unspecified atom stereocenters. The van der Waals surface area contributed by atoms with Crippen molar-refractivity contribution in [2.45, 2.75) is 5.66 Å². The van der Waals surface area contributed by atoms with E-state index < -0.39 is 5.66 Å². The second kappa shape index (κ2) is 5.89. The minimum atomic E-state index is -1.21. The molecule has 0 bridgehead atoms. The molecule has 9 heteroatoms. The number of hydrogen-bond donors (Lipinski definition) is 5. The molecule has 0 radical (unpaired) electrons. The van der Waals surface area contributed by atoms with E-state index in [9.17, 15) is 4.79 Å². The summed E-state index contributed by atoms with van der Waals surface area (Å²) in [7, 11) is 1.72. The Morgan fingerprint density at radius 2 is 1.96 bits per heavy atom. The normalized spacial score (nSPS) is 21.2. The lowest BCUT2D eigenvalue weighted by molar-refractivity contribution is -0.789. The fourth-order valence-electron chi connectivity index (χ4n) is 3.21. The molecule has 6 N–H and O–H groups in total. The van der Waals surface area contributed by atoms with E-state index in [0.717, 1.165) is 11.3 Å². The summed E-state index contributed by atoms with van der Waals surface area (Å²) in [4.78, 5) is 20.8. The van der Waals surface area contributed by atoms with E-state index in [4.69, 9.17) is 28.9 Å². The van der Waals surface area contributed by atoms with Crippen LogP contribution < -0.4 is 31.3 Å². The standard InChI is InChI=1S/C17H14Cl2N6O/c1-25-13-5-3-2-4-10(13)17(14(25)26)23-15(20)22-16(24-17)21-12-7-6-9(18)8-11(12)19/h2-8H,1H3,(H4,20,21,22,23,24)/p+2/t17-/m0/s1. The van der Waals surface area contributed by atoms with Gasteiger partial charge in [-0.1, -0.05) is 35.3 Å². The molecule has 2 aromatic carbocycles. The van der Waals surface area contributed by atoms with Crippen LogP contribution in [0, 0.1) is 0 Å². The lowest BCUT2D eigenvalue weighted by Gasteiger charge is -2.22. The number of benzene rings is 2. The molecule has 132 valence electrons. The van der Waals surface area contributed by atoms with Gasteiger partial charge < -0.3 is 4.90 Å². The summed E-state index contributed by atoms with van der Waals surface area (Å²) in [6.07, 6.45) is 0. The molecule has 0 saturated carbocycles. The highest BCUT2D eigenvalue weighted by Gasteiger charge is 2.55. The number of carbonyl (C=O) groups is 1. The number of halogens is 2. The Bertz CT molecular complexity index is 989. The van der Waals surface area contributed by atoms with Crippen molar-refractivity contribution in [2.75, 3.05) is 17.3 Å². The summed E-state index contributed by atoms with van der Waals surface area (Å²) in [5, 5.41) is 7.02. The van der Waals surface area contributed by atoms with Crippen molar-refractivity contribution in [3.8, 4) is 0 Å². The van der Waals surface area contributed by atoms with Crippen LogP contribution in [-0.2, 0) is 10.5 Å². The average Bonchev–Trinajstić information content (AvgIpc) is 2.80. The quantitative estimate of drug-likeness (QED) is 0.416. The summed E-state index contributed by atoms with van der Waals surface area (Å²) in [6.45, 7) is 0. The number of nitrogens with zero attached hydrogens (tertiary/aromatic N) is 1. The van der Waals surface area contributed by atoms with E-state index in [1.807, 2.05) is 24.3 Å². The maximum Gasteiger partial charge on any atom is 0.361 e. The number of nitrogens with one attached hydrogen (secondary N) is 4. The highest BCUT2D eigenvalue weighted by molar-refractivity contribution is 6.36. The first-order valence-electron chi connectivity index (χ1n) is 7.83. The lowest BCUT2D eigenvalue weighted by atomic mass is 10.0. The second-order valence-electron chi connectivity index (χ2n) is 6.04. The van der Waals surface area contributed by atoms with E-state index in [1.54, 1.807) is 30.1 Å². The van der Waals surface area contributed by atoms with Gasteiger partial charge in [-0.05, 0) is 30.3 Å². The van der Waals surface area contributed by atoms with Crippen LogP contribution in [0.25, 0.3) is 0 Å². The van der Waals surface area contributed by atoms with Crippen molar-refractivity contribution in [2.24, 2.45) is 5.73 Å². The fraction of sp³-hybridized carbons (Fsp3) is 0.118. The van der Waals surface area contributed by atoms with Crippen LogP contribution in [-0.4, -0.2) is 24.9 Å². The number of hydrogen-bond acceptors (Lipinski definition) is 4. The van der Waals surface area contributed by atoms with E-state index in [-0.39, 0.29) is 11.9 Å². The van der Waals surface area contributed by atoms with E-state index in [1.165, 1.54) is 0 Å². The van der Waals surface area contributed by atoms with Crippen molar-refractivity contribution in [3.05, 3.63) is 58.1 Å². The molecular weight excluding hydrogens is 375 g/mol. The summed E-state index contributed by atoms with van der Waals surface area (Å²) < 4.78 is 0. The van der Waals surface area contributed by atoms with Gasteiger partial charge in [-0.2, -0.15) is 5.32 Å². The first-order valence-corrected chi connectivity index (χ1v) is 8.59. The van der Waals surface area contributed by atoms with Gasteiger partial charge in [0.2, 0.25) is 0 Å². The van der Waals surface area contributed by atoms with Crippen LogP contribution in [0.1, 0.15) is 5.56 Å². The minimum absolute atomic E-state index is 0.176. The molecule has 1 atom stereocenters. The van der Waals surface area contributed by atoms with Crippen LogP contribution >= 0.6 is 23.2 Å². The van der Waals surface area contributed by atoms with Gasteiger partial charge in [-0.25, -0.2) is 15.3 Å². The molecule has 1 spiro atoms. The highest BCUT2D eigenvalue weighted by Crippen LogP contribution is 2.32. The predicted octanol–water partition coefficient (Wildman–Crippen LogP) is -1.33. The zero-order chi connectivity index (χ0) is 18.5. The van der Waals surface area contributed by atoms with Gasteiger partial charge in [-0.15, -0.1) is 0 Å². The first kappa shape index (κ1) is 16.7. The molecule has 1 amide bonds. The van der Waals surface area contributed by atoms with Crippen LogP contribution in [0.2, 0.25) is 10.0 Å². The van der Waals surface area contributed by atoms with Crippen molar-refractivity contribution < 1.29 is 14.8 Å². The van der Waals surface area contributed by atoms with Gasteiger partial charge in [0, 0.05) is 12.1 Å². The number of guanidine groups is 2. The third-order valence-electron chi connectivity index (χ3n) is 4.38. The molecular formula is C17H16Cl2N6O+2. The summed E-state index contributed by atoms with van der Waals surface area (Å²) in [6, 6.07) is 12.6. The number of carbonyl (C=O) groups excluding carboxylic acids is 1. The Morgan fingerprint density at radius 3 is 2.73 bits per heavy atom. The Hall–Kier alpha value is -2.77. The zero-order valence-corrected chi connectivity index (χ0v) is 15.2. The number of nitrogens with two attached hydrogens (primary N) is 1. The van der Waals surface area contributed by atoms with Gasteiger partial charge in [0.25, 0.3) is 0 Å². The zero-order valence-electron chi connectivity index (χ0n) is 13.7. The number of likely N-dealkylation sites (N-methyl/N-ethyl adjacent to an activating group) is 1. The highest BCUT2D eigenvalue weighted by atomic mass is 35.5. The Labute approximate surface area is 159 Å². The molecule has 2 heterocycles. The fourth-order valence-corrected chi connectivity index (χ4v) is 3.66. The largest absolute Gasteiger partial charge is 0.361 e. The molecule has 0 aliphatic carbocycles. The molecule has 2 aromatic rings. The summed E-state index contributed by atoms with van der Waals surface area (Å²) >= 11 is 12.2. The Morgan fingerprint density at radius 1 is 1.19 bits per heavy atom. The van der Waals surface area contributed by atoms with E-state index >= 15 is 0 Å². The SMILES string of the molecule is CN1C(=O)[C@]2([NH+]=C(N)NC(Nc3ccc(Cl)cc3Cl)=[NH+]2)c2ccccc21. The van der Waals surface area contributed by atoms with Gasteiger partial charge in [0.1, 0.15) is 5.69 Å². The monoisotopic (exact) mass is 390 g/mol. The molecule has 2 aliphatic heterocycles. The number of fused-ring (bicyclic) bond motifs is 2. The minimum Gasteiger partial charge on any atom is -0.308 e. The molecule has 26 heavy (non-hydrogen) atoms. The summed E-state index contributed by atoms with van der Waals surface area (Å²) in [5.74, 6) is 0.475. The van der Waals surface area contributed by atoms with Crippen LogP contribution in [0.5, 0.6) is 0 Å². The van der Waals surface area contributed by atoms with Crippen molar-refractivity contribution in [3.63, 3.8) is 0 Å². The van der Waals surface area contributed by atoms with E-state index in [2.05, 4.69) is 20.6 Å². The average molecular weight is 391 g/mol. The molecule has 0 aromatic heterocycles. The third kappa shape index (κ3) is 2.48. The van der Waals surface area contributed by atoms with Crippen LogP contribution in [0.4, 0.5) is 11.4 Å². The van der Waals surface area contributed by atoms with Crippen molar-refractivity contribution in [1.82, 2.24) is 5.32 Å². The molecule has 7 nitrogen and oxygen atoms in total. The maximum atomic E-state index is 13.0. The second-order valence-corrected chi connectivity index (χ2v) is 6.89. The van der Waals surface area contributed by atoms with Gasteiger partial charge in [0.15, 0.2) is 0 Å². The van der Waals surface area contributed by atoms with Crippen molar-refractivity contribution >= 4 is 52.4 Å². The number of anilines is 2. The number of amides is 1. The Kier molecular flexibility index (Phi) is 3.78. The van der Waals surface area contributed by atoms with Gasteiger partial charge in [0.05, 0.1) is 16.3 Å². The van der Waals surface area contributed by atoms with Gasteiger partial charge in [-0.3, -0.25) is 10.5 Å². The Balaban J connectivity index is 1.80. The molecule has 4 rings (SSSR count). The van der Waals surface area contributed by atoms with Gasteiger partial charge >= 0.3 is 23.5 Å². The third-order valence-corrected chi connectivity index (χ3v) is 4.93. The number of rotatable bonds is 1. The first-order chi connectivity index (χ1) is 12.4. The maximum absolute atomic E-state index is 13.0. The number of para-hydroxylation sites is 1.